The number of aliphatic hydroxyl groups excluding tert-OH is 1. The van der Waals surface area contributed by atoms with E-state index in [2.05, 4.69) is 22.3 Å². The Morgan fingerprint density at radius 2 is 2.00 bits per heavy atom. The molecule has 0 aromatic heterocycles. The van der Waals surface area contributed by atoms with Gasteiger partial charge in [0.15, 0.2) is 0 Å². The Balaban J connectivity index is 1.44. The molecule has 2 aliphatic heterocycles. The Morgan fingerprint density at radius 1 is 1.23 bits per heavy atom. The third kappa shape index (κ3) is 4.04. The minimum absolute atomic E-state index is 0.0104. The van der Waals surface area contributed by atoms with E-state index in [4.69, 9.17) is 4.74 Å². The van der Waals surface area contributed by atoms with Crippen LogP contribution in [0.2, 0.25) is 0 Å². The van der Waals surface area contributed by atoms with Crippen molar-refractivity contribution in [2.24, 2.45) is 5.92 Å². The maximum atomic E-state index is 12.7. The molecule has 1 saturated carbocycles. The highest BCUT2D eigenvalue weighted by Crippen LogP contribution is 2.39. The highest BCUT2D eigenvalue weighted by Gasteiger charge is 2.36. The number of benzene rings is 1. The van der Waals surface area contributed by atoms with Crippen LogP contribution in [0.1, 0.15) is 55.7 Å². The largest absolute Gasteiger partial charge is 0.493 e. The molecule has 1 aliphatic carbocycles. The third-order valence-electron chi connectivity index (χ3n) is 6.08. The fourth-order valence-electron chi connectivity index (χ4n) is 4.49. The number of carbonyl (C=O) groups excluding carboxylic acids is 1. The van der Waals surface area contributed by atoms with Crippen LogP contribution in [0.15, 0.2) is 18.2 Å². The number of nitrogens with one attached hydrogen (secondary N) is 1. The fourth-order valence-corrected chi connectivity index (χ4v) is 4.49. The van der Waals surface area contributed by atoms with E-state index in [0.717, 1.165) is 50.3 Å². The van der Waals surface area contributed by atoms with Gasteiger partial charge in [-0.3, -0.25) is 9.69 Å². The average molecular weight is 358 g/mol. The van der Waals surface area contributed by atoms with E-state index in [-0.39, 0.29) is 18.1 Å². The van der Waals surface area contributed by atoms with Gasteiger partial charge < -0.3 is 15.2 Å². The Hall–Kier alpha value is -1.59. The van der Waals surface area contributed by atoms with Crippen LogP contribution in [0, 0.1) is 5.92 Å². The van der Waals surface area contributed by atoms with Crippen molar-refractivity contribution in [1.82, 2.24) is 10.2 Å². The highest BCUT2D eigenvalue weighted by atomic mass is 16.5. The van der Waals surface area contributed by atoms with E-state index >= 15 is 0 Å². The van der Waals surface area contributed by atoms with Gasteiger partial charge in [-0.2, -0.15) is 0 Å². The summed E-state index contributed by atoms with van der Waals surface area (Å²) < 4.78 is 5.61. The van der Waals surface area contributed by atoms with E-state index in [1.807, 2.05) is 6.07 Å². The summed E-state index contributed by atoms with van der Waals surface area (Å²) in [4.78, 5) is 15.0. The molecular formula is C21H30N2O3. The first-order valence-corrected chi connectivity index (χ1v) is 10.1. The number of hydrogen-bond donors (Lipinski definition) is 2. The molecule has 1 aromatic rings. The van der Waals surface area contributed by atoms with Crippen LogP contribution in [-0.2, 0) is 11.2 Å². The molecule has 1 amide bonds. The minimum atomic E-state index is -0.220. The number of carbonyl (C=O) groups is 1. The first-order chi connectivity index (χ1) is 12.7. The van der Waals surface area contributed by atoms with Gasteiger partial charge in [-0.15, -0.1) is 0 Å². The molecule has 3 aliphatic rings. The summed E-state index contributed by atoms with van der Waals surface area (Å²) in [7, 11) is 0. The first-order valence-electron chi connectivity index (χ1n) is 10.1. The molecule has 2 N–H and O–H groups in total. The maximum Gasteiger partial charge on any atom is 0.234 e. The van der Waals surface area contributed by atoms with Crippen molar-refractivity contribution in [3.8, 4) is 5.75 Å². The van der Waals surface area contributed by atoms with Crippen LogP contribution in [0.25, 0.3) is 0 Å². The number of fused-ring (bicyclic) bond motifs is 1. The average Bonchev–Trinajstić information content (AvgIpc) is 2.93. The molecule has 5 heteroatoms. The monoisotopic (exact) mass is 358 g/mol. The predicted octanol–water partition coefficient (Wildman–Crippen LogP) is 2.43. The SMILES string of the molecule is O=C(CN1CCCCCC1)N[C@@H](c1ccc2c(c1)CCO2)C1CC(O)C1. The molecule has 4 rings (SSSR count). The van der Waals surface area contributed by atoms with Gasteiger partial charge >= 0.3 is 0 Å². The van der Waals surface area contributed by atoms with Gasteiger partial charge in [0.1, 0.15) is 5.75 Å². The van der Waals surface area contributed by atoms with Crippen molar-refractivity contribution in [1.29, 1.82) is 0 Å². The number of ether oxygens (including phenoxy) is 1. The van der Waals surface area contributed by atoms with E-state index < -0.39 is 0 Å². The summed E-state index contributed by atoms with van der Waals surface area (Å²) in [5.74, 6) is 1.39. The molecule has 5 nitrogen and oxygen atoms in total. The number of nitrogens with zero attached hydrogens (tertiary/aromatic N) is 1. The van der Waals surface area contributed by atoms with Gasteiger partial charge in [0.2, 0.25) is 5.91 Å². The smallest absolute Gasteiger partial charge is 0.234 e. The Labute approximate surface area is 155 Å². The molecule has 26 heavy (non-hydrogen) atoms. The standard InChI is InChI=1S/C21H30N2O3/c24-18-12-17(13-18)21(16-5-6-19-15(11-16)7-10-26-19)22-20(25)14-23-8-3-1-2-4-9-23/h5-6,11,17-18,21,24H,1-4,7-10,12-14H2,(H,22,25)/t17?,18?,21-/m0/s1. The van der Waals surface area contributed by atoms with Crippen molar-refractivity contribution in [2.45, 2.75) is 57.1 Å². The van der Waals surface area contributed by atoms with Crippen molar-refractivity contribution < 1.29 is 14.6 Å². The molecule has 1 saturated heterocycles. The number of aliphatic hydroxyl groups is 1. The van der Waals surface area contributed by atoms with E-state index in [1.54, 1.807) is 0 Å². The van der Waals surface area contributed by atoms with Crippen molar-refractivity contribution in [2.75, 3.05) is 26.2 Å². The van der Waals surface area contributed by atoms with Crippen LogP contribution in [-0.4, -0.2) is 48.3 Å². The minimum Gasteiger partial charge on any atom is -0.493 e. The number of hydrogen-bond acceptors (Lipinski definition) is 4. The predicted molar refractivity (Wildman–Crippen MR) is 100 cm³/mol. The first kappa shape index (κ1) is 17.8. The van der Waals surface area contributed by atoms with Gasteiger partial charge in [0.25, 0.3) is 0 Å². The number of amides is 1. The van der Waals surface area contributed by atoms with Gasteiger partial charge in [-0.05, 0) is 68.0 Å². The number of rotatable bonds is 5. The topological polar surface area (TPSA) is 61.8 Å². The fraction of sp³-hybridized carbons (Fsp3) is 0.667. The molecule has 1 aromatic carbocycles. The van der Waals surface area contributed by atoms with Gasteiger partial charge in [-0.1, -0.05) is 18.9 Å². The van der Waals surface area contributed by atoms with Gasteiger partial charge in [0, 0.05) is 6.42 Å². The Morgan fingerprint density at radius 3 is 2.73 bits per heavy atom. The molecule has 0 spiro atoms. The molecule has 1 atom stereocenters. The normalized spacial score (nSPS) is 27.0. The second-order valence-corrected chi connectivity index (χ2v) is 8.09. The highest BCUT2D eigenvalue weighted by molar-refractivity contribution is 5.78. The van der Waals surface area contributed by atoms with Gasteiger partial charge in [-0.25, -0.2) is 0 Å². The zero-order chi connectivity index (χ0) is 17.9. The molecule has 0 radical (unpaired) electrons. The van der Waals surface area contributed by atoms with Crippen LogP contribution in [0.3, 0.4) is 0 Å². The second-order valence-electron chi connectivity index (χ2n) is 8.09. The number of likely N-dealkylation sites (tertiary alicyclic amines) is 1. The third-order valence-corrected chi connectivity index (χ3v) is 6.08. The Kier molecular flexibility index (Phi) is 5.46. The second kappa shape index (κ2) is 7.97. The van der Waals surface area contributed by atoms with Gasteiger partial charge in [0.05, 0.1) is 25.3 Å². The quantitative estimate of drug-likeness (QED) is 0.849. The summed E-state index contributed by atoms with van der Waals surface area (Å²) in [6, 6.07) is 6.28. The van der Waals surface area contributed by atoms with Crippen LogP contribution in [0.5, 0.6) is 5.75 Å². The lowest BCUT2D eigenvalue weighted by molar-refractivity contribution is -0.124. The molecular weight excluding hydrogens is 328 g/mol. The summed E-state index contributed by atoms with van der Waals surface area (Å²) in [6.45, 7) is 3.28. The molecule has 2 fully saturated rings. The molecule has 0 unspecified atom stereocenters. The Bertz CT molecular complexity index is 634. The van der Waals surface area contributed by atoms with Crippen LogP contribution < -0.4 is 10.1 Å². The van der Waals surface area contributed by atoms with Crippen molar-refractivity contribution in [3.63, 3.8) is 0 Å². The lowest BCUT2D eigenvalue weighted by Crippen LogP contribution is -2.45. The van der Waals surface area contributed by atoms with Crippen LogP contribution >= 0.6 is 0 Å². The zero-order valence-electron chi connectivity index (χ0n) is 15.5. The van der Waals surface area contributed by atoms with Crippen molar-refractivity contribution in [3.05, 3.63) is 29.3 Å². The van der Waals surface area contributed by atoms with Crippen LogP contribution in [0.4, 0.5) is 0 Å². The van der Waals surface area contributed by atoms with E-state index in [9.17, 15) is 9.90 Å². The van der Waals surface area contributed by atoms with Crippen molar-refractivity contribution >= 4 is 5.91 Å². The van der Waals surface area contributed by atoms with E-state index in [0.29, 0.717) is 12.5 Å². The molecule has 0 bridgehead atoms. The summed E-state index contributed by atoms with van der Waals surface area (Å²) in [5, 5.41) is 13.0. The summed E-state index contributed by atoms with van der Waals surface area (Å²) in [5.41, 5.74) is 2.38. The maximum absolute atomic E-state index is 12.7. The summed E-state index contributed by atoms with van der Waals surface area (Å²) in [6.07, 6.45) is 7.18. The molecule has 142 valence electrons. The van der Waals surface area contributed by atoms with E-state index in [1.165, 1.54) is 31.2 Å². The zero-order valence-corrected chi connectivity index (χ0v) is 15.5. The lowest BCUT2D eigenvalue weighted by Gasteiger charge is -2.38. The molecule has 2 heterocycles. The lowest BCUT2D eigenvalue weighted by atomic mass is 9.75. The summed E-state index contributed by atoms with van der Waals surface area (Å²) >= 11 is 0.